The molecule has 0 spiro atoms. The van der Waals surface area contributed by atoms with Crippen molar-refractivity contribution in [1.29, 1.82) is 0 Å². The van der Waals surface area contributed by atoms with Crippen LogP contribution in [-0.4, -0.2) is 73.9 Å². The van der Waals surface area contributed by atoms with Crippen molar-refractivity contribution < 1.29 is 14.7 Å². The Morgan fingerprint density at radius 2 is 1.24 bits per heavy atom. The van der Waals surface area contributed by atoms with Crippen LogP contribution in [0.3, 0.4) is 0 Å². The molecular weight excluding hydrogens is 270 g/mol. The van der Waals surface area contributed by atoms with E-state index in [4.69, 9.17) is 0 Å². The fourth-order valence-corrected chi connectivity index (χ4v) is 1.86. The quantitative estimate of drug-likeness (QED) is 0.828. The fourth-order valence-electron chi connectivity index (χ4n) is 1.86. The Morgan fingerprint density at radius 3 is 1.52 bits per heavy atom. The summed E-state index contributed by atoms with van der Waals surface area (Å²) in [6.07, 6.45) is -0.881. The molecule has 0 heterocycles. The highest BCUT2D eigenvalue weighted by molar-refractivity contribution is 5.99. The van der Waals surface area contributed by atoms with Crippen LogP contribution in [0.25, 0.3) is 0 Å². The van der Waals surface area contributed by atoms with Crippen LogP contribution < -0.4 is 0 Å². The number of nitrogens with zero attached hydrogens (tertiary/aromatic N) is 3. The Labute approximate surface area is 125 Å². The molecule has 0 bridgehead atoms. The zero-order chi connectivity index (χ0) is 16.3. The first-order valence-corrected chi connectivity index (χ1v) is 6.58. The lowest BCUT2D eigenvalue weighted by Gasteiger charge is -2.21. The molecule has 0 aliphatic rings. The van der Waals surface area contributed by atoms with Crippen molar-refractivity contribution in [2.75, 3.05) is 42.3 Å². The van der Waals surface area contributed by atoms with E-state index in [0.29, 0.717) is 16.7 Å². The van der Waals surface area contributed by atoms with Gasteiger partial charge in [-0.15, -0.1) is 0 Å². The average Bonchev–Trinajstić information content (AvgIpc) is 2.43. The Kier molecular flexibility index (Phi) is 5.46. The number of hydrogen-bond acceptors (Lipinski definition) is 4. The molecule has 0 aromatic heterocycles. The maximum atomic E-state index is 12.1. The van der Waals surface area contributed by atoms with Crippen LogP contribution in [0.2, 0.25) is 0 Å². The van der Waals surface area contributed by atoms with Crippen molar-refractivity contribution in [2.45, 2.75) is 6.23 Å². The molecule has 1 atom stereocenters. The molecule has 0 saturated carbocycles. The lowest BCUT2D eigenvalue weighted by Crippen LogP contribution is -2.26. The highest BCUT2D eigenvalue weighted by Crippen LogP contribution is 2.20. The van der Waals surface area contributed by atoms with Crippen molar-refractivity contribution in [2.24, 2.45) is 0 Å². The van der Waals surface area contributed by atoms with Gasteiger partial charge in [0, 0.05) is 39.3 Å². The zero-order valence-corrected chi connectivity index (χ0v) is 13.4. The van der Waals surface area contributed by atoms with Gasteiger partial charge in [-0.25, -0.2) is 0 Å². The van der Waals surface area contributed by atoms with Gasteiger partial charge in [-0.2, -0.15) is 0 Å². The average molecular weight is 293 g/mol. The highest BCUT2D eigenvalue weighted by Gasteiger charge is 2.19. The number of carbonyl (C=O) groups is 2. The van der Waals surface area contributed by atoms with E-state index in [1.807, 2.05) is 0 Å². The largest absolute Gasteiger partial charge is 0.374 e. The summed E-state index contributed by atoms with van der Waals surface area (Å²) in [5.41, 5.74) is 1.27. The summed E-state index contributed by atoms with van der Waals surface area (Å²) >= 11 is 0. The molecule has 21 heavy (non-hydrogen) atoms. The molecule has 0 radical (unpaired) electrons. The minimum absolute atomic E-state index is 0.212. The highest BCUT2D eigenvalue weighted by atomic mass is 16.3. The Bertz CT molecular complexity index is 501. The second kappa shape index (κ2) is 6.69. The topological polar surface area (TPSA) is 64.1 Å². The third kappa shape index (κ3) is 4.03. The number of rotatable bonds is 4. The standard InChI is InChI=1S/C15H23N3O3/c1-16(2)13(19)10-7-11(14(20)17(3)4)9-12(8-10)15(21)18(5)6/h7-9,13,19H,1-6H3. The number of amides is 2. The van der Waals surface area contributed by atoms with Gasteiger partial charge in [0.1, 0.15) is 6.23 Å². The van der Waals surface area contributed by atoms with E-state index in [9.17, 15) is 14.7 Å². The smallest absolute Gasteiger partial charge is 0.253 e. The van der Waals surface area contributed by atoms with Crippen LogP contribution in [0, 0.1) is 0 Å². The Balaban J connectivity index is 3.39. The van der Waals surface area contributed by atoms with Gasteiger partial charge in [-0.3, -0.25) is 14.5 Å². The summed E-state index contributed by atoms with van der Waals surface area (Å²) in [7, 11) is 10.0. The number of benzene rings is 1. The van der Waals surface area contributed by atoms with E-state index >= 15 is 0 Å². The molecular formula is C15H23N3O3. The van der Waals surface area contributed by atoms with E-state index in [0.717, 1.165) is 0 Å². The molecule has 1 aromatic carbocycles. The van der Waals surface area contributed by atoms with E-state index < -0.39 is 6.23 Å². The number of hydrogen-bond donors (Lipinski definition) is 1. The molecule has 6 heteroatoms. The van der Waals surface area contributed by atoms with Gasteiger partial charge < -0.3 is 14.9 Å². The monoisotopic (exact) mass is 293 g/mol. The predicted octanol–water partition coefficient (Wildman–Crippen LogP) is 0.643. The molecule has 2 amide bonds. The summed E-state index contributed by atoms with van der Waals surface area (Å²) in [6.45, 7) is 0. The first-order valence-electron chi connectivity index (χ1n) is 6.58. The van der Waals surface area contributed by atoms with Crippen molar-refractivity contribution in [3.63, 3.8) is 0 Å². The van der Waals surface area contributed by atoms with Crippen LogP contribution in [0.15, 0.2) is 18.2 Å². The summed E-state index contributed by atoms with van der Waals surface area (Å²) in [5.74, 6) is -0.425. The Morgan fingerprint density at radius 1 is 0.857 bits per heavy atom. The molecule has 6 nitrogen and oxygen atoms in total. The first-order chi connectivity index (χ1) is 9.65. The van der Waals surface area contributed by atoms with Crippen molar-refractivity contribution in [1.82, 2.24) is 14.7 Å². The second-order valence-electron chi connectivity index (χ2n) is 5.58. The summed E-state index contributed by atoms with van der Waals surface area (Å²) in [4.78, 5) is 28.8. The summed E-state index contributed by atoms with van der Waals surface area (Å²) in [6, 6.07) is 4.77. The maximum Gasteiger partial charge on any atom is 0.253 e. The molecule has 0 saturated heterocycles. The molecule has 116 valence electrons. The van der Waals surface area contributed by atoms with E-state index in [2.05, 4.69) is 0 Å². The second-order valence-corrected chi connectivity index (χ2v) is 5.58. The molecule has 0 fully saturated rings. The van der Waals surface area contributed by atoms with Crippen LogP contribution in [0.1, 0.15) is 32.5 Å². The fraction of sp³-hybridized carbons (Fsp3) is 0.467. The van der Waals surface area contributed by atoms with E-state index in [1.165, 1.54) is 9.80 Å². The molecule has 1 rings (SSSR count). The number of aliphatic hydroxyl groups excluding tert-OH is 1. The van der Waals surface area contributed by atoms with Crippen LogP contribution in [0.5, 0.6) is 0 Å². The predicted molar refractivity (Wildman–Crippen MR) is 81.1 cm³/mol. The molecule has 0 aliphatic heterocycles. The van der Waals surface area contributed by atoms with Gasteiger partial charge in [0.2, 0.25) is 0 Å². The molecule has 1 aromatic rings. The van der Waals surface area contributed by atoms with Gasteiger partial charge in [-0.1, -0.05) is 0 Å². The lowest BCUT2D eigenvalue weighted by molar-refractivity contribution is 0.0393. The van der Waals surface area contributed by atoms with E-state index in [-0.39, 0.29) is 11.8 Å². The van der Waals surface area contributed by atoms with Gasteiger partial charge >= 0.3 is 0 Å². The van der Waals surface area contributed by atoms with Gasteiger partial charge in [0.05, 0.1) is 0 Å². The van der Waals surface area contributed by atoms with E-state index in [1.54, 1.807) is 65.4 Å². The number of carbonyl (C=O) groups excluding carboxylic acids is 2. The van der Waals surface area contributed by atoms with Crippen LogP contribution in [0.4, 0.5) is 0 Å². The number of aliphatic hydroxyl groups is 1. The van der Waals surface area contributed by atoms with Crippen LogP contribution in [-0.2, 0) is 0 Å². The van der Waals surface area contributed by atoms with Crippen molar-refractivity contribution >= 4 is 11.8 Å². The minimum atomic E-state index is -0.881. The van der Waals surface area contributed by atoms with Crippen molar-refractivity contribution in [3.05, 3.63) is 34.9 Å². The lowest BCUT2D eigenvalue weighted by atomic mass is 10.0. The Hall–Kier alpha value is -1.92. The molecule has 1 unspecified atom stereocenters. The molecule has 1 N–H and O–H groups in total. The third-order valence-electron chi connectivity index (χ3n) is 3.05. The van der Waals surface area contributed by atoms with Crippen LogP contribution >= 0.6 is 0 Å². The van der Waals surface area contributed by atoms with Gasteiger partial charge in [-0.05, 0) is 37.9 Å². The molecule has 0 aliphatic carbocycles. The zero-order valence-electron chi connectivity index (χ0n) is 13.4. The minimum Gasteiger partial charge on any atom is -0.374 e. The third-order valence-corrected chi connectivity index (χ3v) is 3.05. The SMILES string of the molecule is CN(C)C(=O)c1cc(C(=O)N(C)C)cc(C(O)N(C)C)c1. The van der Waals surface area contributed by atoms with Gasteiger partial charge in [0.15, 0.2) is 0 Å². The van der Waals surface area contributed by atoms with Gasteiger partial charge in [0.25, 0.3) is 11.8 Å². The van der Waals surface area contributed by atoms with Crippen molar-refractivity contribution in [3.8, 4) is 0 Å². The summed E-state index contributed by atoms with van der Waals surface area (Å²) < 4.78 is 0. The first kappa shape index (κ1) is 17.1. The maximum absolute atomic E-state index is 12.1. The summed E-state index contributed by atoms with van der Waals surface area (Å²) in [5, 5.41) is 10.2. The normalized spacial score (nSPS) is 12.2.